The van der Waals surface area contributed by atoms with Gasteiger partial charge in [0.2, 0.25) is 0 Å². The number of aliphatic carboxylic acids is 1. The molecule has 1 rings (SSSR count). The first-order valence-electron chi connectivity index (χ1n) is 5.48. The average Bonchev–Trinajstić information content (AvgIpc) is 2.23. The molecular weight excluding hydrogens is 228 g/mol. The Kier molecular flexibility index (Phi) is 4.71. The number of morpholine rings is 1. The number of amides is 2. The van der Waals surface area contributed by atoms with Crippen molar-refractivity contribution in [2.45, 2.75) is 32.1 Å². The SMILES string of the molecule is CC1CN(C(=O)N[C@H](CO)C(=O)O)CC(C)O1. The molecule has 3 N–H and O–H groups in total. The smallest absolute Gasteiger partial charge is 0.328 e. The molecule has 0 aromatic heterocycles. The molecule has 1 fully saturated rings. The molecule has 2 amide bonds. The number of aliphatic hydroxyl groups is 1. The summed E-state index contributed by atoms with van der Waals surface area (Å²) in [4.78, 5) is 23.9. The predicted octanol–water partition coefficient (Wildman–Crippen LogP) is -0.749. The summed E-state index contributed by atoms with van der Waals surface area (Å²) in [7, 11) is 0. The lowest BCUT2D eigenvalue weighted by Crippen LogP contribution is -2.55. The van der Waals surface area contributed by atoms with E-state index in [9.17, 15) is 9.59 Å². The second kappa shape index (κ2) is 5.83. The van der Waals surface area contributed by atoms with E-state index in [-0.39, 0.29) is 12.2 Å². The molecule has 17 heavy (non-hydrogen) atoms. The Morgan fingerprint density at radius 2 is 1.94 bits per heavy atom. The quantitative estimate of drug-likeness (QED) is 0.608. The summed E-state index contributed by atoms with van der Waals surface area (Å²) in [6.45, 7) is 3.88. The highest BCUT2D eigenvalue weighted by Crippen LogP contribution is 2.10. The Labute approximate surface area is 99.4 Å². The van der Waals surface area contributed by atoms with Gasteiger partial charge in [0, 0.05) is 13.1 Å². The maximum absolute atomic E-state index is 11.7. The summed E-state index contributed by atoms with van der Waals surface area (Å²) in [6.07, 6.45) is -0.163. The van der Waals surface area contributed by atoms with E-state index < -0.39 is 24.6 Å². The Bertz CT molecular complexity index is 286. The lowest BCUT2D eigenvalue weighted by atomic mass is 10.2. The van der Waals surface area contributed by atoms with Crippen LogP contribution < -0.4 is 5.32 Å². The fourth-order valence-electron chi connectivity index (χ4n) is 1.77. The third-order valence-electron chi connectivity index (χ3n) is 2.49. The van der Waals surface area contributed by atoms with Gasteiger partial charge in [0.25, 0.3) is 0 Å². The van der Waals surface area contributed by atoms with Crippen molar-refractivity contribution in [3.8, 4) is 0 Å². The molecule has 1 saturated heterocycles. The molecule has 0 bridgehead atoms. The molecule has 0 saturated carbocycles. The molecule has 1 aliphatic rings. The van der Waals surface area contributed by atoms with Crippen LogP contribution in [0.3, 0.4) is 0 Å². The molecule has 2 unspecified atom stereocenters. The van der Waals surface area contributed by atoms with E-state index in [2.05, 4.69) is 5.32 Å². The zero-order valence-corrected chi connectivity index (χ0v) is 9.92. The number of nitrogens with zero attached hydrogens (tertiary/aromatic N) is 1. The molecule has 1 aliphatic heterocycles. The predicted molar refractivity (Wildman–Crippen MR) is 58.6 cm³/mol. The van der Waals surface area contributed by atoms with Crippen LogP contribution in [0.15, 0.2) is 0 Å². The third-order valence-corrected chi connectivity index (χ3v) is 2.49. The zero-order valence-electron chi connectivity index (χ0n) is 9.92. The first-order chi connectivity index (χ1) is 7.93. The number of carbonyl (C=O) groups is 2. The molecule has 0 aliphatic carbocycles. The lowest BCUT2D eigenvalue weighted by Gasteiger charge is -2.35. The Morgan fingerprint density at radius 3 is 2.35 bits per heavy atom. The number of carbonyl (C=O) groups excluding carboxylic acids is 1. The number of carboxylic acids is 1. The highest BCUT2D eigenvalue weighted by Gasteiger charge is 2.28. The number of rotatable bonds is 3. The zero-order chi connectivity index (χ0) is 13.0. The molecule has 0 aromatic carbocycles. The summed E-state index contributed by atoms with van der Waals surface area (Å²) in [5, 5.41) is 19.8. The Morgan fingerprint density at radius 1 is 1.41 bits per heavy atom. The van der Waals surface area contributed by atoms with E-state index in [1.54, 1.807) is 0 Å². The van der Waals surface area contributed by atoms with Crippen LogP contribution in [0.5, 0.6) is 0 Å². The van der Waals surface area contributed by atoms with Crippen LogP contribution in [0.4, 0.5) is 4.79 Å². The van der Waals surface area contributed by atoms with Crippen molar-refractivity contribution < 1.29 is 24.5 Å². The molecule has 0 aromatic rings. The van der Waals surface area contributed by atoms with Crippen molar-refractivity contribution in [3.05, 3.63) is 0 Å². The minimum Gasteiger partial charge on any atom is -0.480 e. The highest BCUT2D eigenvalue weighted by molar-refractivity contribution is 5.82. The summed E-state index contributed by atoms with van der Waals surface area (Å²) >= 11 is 0. The standard InChI is InChI=1S/C10H18N2O5/c1-6-3-12(4-7(2)17-6)10(16)11-8(5-13)9(14)15/h6-8,13H,3-5H2,1-2H3,(H,11,16)(H,14,15)/t6?,7?,8-/m1/s1. The molecule has 0 spiro atoms. The number of carboxylic acid groups (broad SMARTS) is 1. The number of aliphatic hydroxyl groups excluding tert-OH is 1. The topological polar surface area (TPSA) is 99.1 Å². The average molecular weight is 246 g/mol. The minimum atomic E-state index is -1.27. The van der Waals surface area contributed by atoms with Gasteiger partial charge in [-0.2, -0.15) is 0 Å². The van der Waals surface area contributed by atoms with E-state index in [0.717, 1.165) is 0 Å². The van der Waals surface area contributed by atoms with Gasteiger partial charge < -0.3 is 25.2 Å². The molecule has 1 heterocycles. The van der Waals surface area contributed by atoms with Crippen LogP contribution >= 0.6 is 0 Å². The van der Waals surface area contributed by atoms with E-state index in [1.165, 1.54) is 4.90 Å². The van der Waals surface area contributed by atoms with E-state index in [1.807, 2.05) is 13.8 Å². The molecule has 3 atom stereocenters. The van der Waals surface area contributed by atoms with Crippen molar-refractivity contribution in [1.29, 1.82) is 0 Å². The van der Waals surface area contributed by atoms with Gasteiger partial charge in [0.15, 0.2) is 6.04 Å². The van der Waals surface area contributed by atoms with Crippen molar-refractivity contribution in [1.82, 2.24) is 10.2 Å². The summed E-state index contributed by atoms with van der Waals surface area (Å²) in [5.74, 6) is -1.25. The number of hydrogen-bond donors (Lipinski definition) is 3. The first-order valence-corrected chi connectivity index (χ1v) is 5.48. The van der Waals surface area contributed by atoms with Crippen LogP contribution in [0.1, 0.15) is 13.8 Å². The van der Waals surface area contributed by atoms with Gasteiger partial charge in [0.05, 0.1) is 18.8 Å². The van der Waals surface area contributed by atoms with E-state index >= 15 is 0 Å². The van der Waals surface area contributed by atoms with E-state index in [4.69, 9.17) is 14.9 Å². The Hall–Kier alpha value is -1.34. The largest absolute Gasteiger partial charge is 0.480 e. The van der Waals surface area contributed by atoms with E-state index in [0.29, 0.717) is 13.1 Å². The number of nitrogens with one attached hydrogen (secondary N) is 1. The monoisotopic (exact) mass is 246 g/mol. The fourth-order valence-corrected chi connectivity index (χ4v) is 1.77. The van der Waals surface area contributed by atoms with Gasteiger partial charge in [-0.3, -0.25) is 0 Å². The number of urea groups is 1. The highest BCUT2D eigenvalue weighted by atomic mass is 16.5. The first kappa shape index (κ1) is 13.7. The van der Waals surface area contributed by atoms with Gasteiger partial charge in [-0.05, 0) is 13.8 Å². The molecule has 0 radical (unpaired) electrons. The molecule has 7 nitrogen and oxygen atoms in total. The second-order valence-electron chi connectivity index (χ2n) is 4.19. The van der Waals surface area contributed by atoms with Crippen LogP contribution in [0.2, 0.25) is 0 Å². The normalized spacial score (nSPS) is 26.4. The molecule has 98 valence electrons. The van der Waals surface area contributed by atoms with Crippen molar-refractivity contribution in [2.75, 3.05) is 19.7 Å². The maximum atomic E-state index is 11.7. The van der Waals surface area contributed by atoms with Crippen molar-refractivity contribution >= 4 is 12.0 Å². The number of ether oxygens (including phenoxy) is 1. The molecule has 7 heteroatoms. The van der Waals surface area contributed by atoms with Crippen LogP contribution in [-0.2, 0) is 9.53 Å². The van der Waals surface area contributed by atoms with Crippen LogP contribution in [-0.4, -0.2) is 65.1 Å². The third kappa shape index (κ3) is 3.86. The van der Waals surface area contributed by atoms with Crippen molar-refractivity contribution in [3.63, 3.8) is 0 Å². The Balaban J connectivity index is 2.54. The van der Waals surface area contributed by atoms with Gasteiger partial charge >= 0.3 is 12.0 Å². The van der Waals surface area contributed by atoms with Gasteiger partial charge in [-0.25, -0.2) is 9.59 Å². The van der Waals surface area contributed by atoms with Gasteiger partial charge in [0.1, 0.15) is 0 Å². The van der Waals surface area contributed by atoms with Gasteiger partial charge in [-0.15, -0.1) is 0 Å². The summed E-state index contributed by atoms with van der Waals surface area (Å²) < 4.78 is 5.46. The van der Waals surface area contributed by atoms with Crippen molar-refractivity contribution in [2.24, 2.45) is 0 Å². The maximum Gasteiger partial charge on any atom is 0.328 e. The fraction of sp³-hybridized carbons (Fsp3) is 0.800. The minimum absolute atomic E-state index is 0.0816. The molecular formula is C10H18N2O5. The summed E-state index contributed by atoms with van der Waals surface area (Å²) in [6, 6.07) is -1.76. The van der Waals surface area contributed by atoms with Crippen LogP contribution in [0.25, 0.3) is 0 Å². The van der Waals surface area contributed by atoms with Crippen LogP contribution in [0, 0.1) is 0 Å². The van der Waals surface area contributed by atoms with Gasteiger partial charge in [-0.1, -0.05) is 0 Å². The summed E-state index contributed by atoms with van der Waals surface area (Å²) in [5.41, 5.74) is 0. The number of hydrogen-bond acceptors (Lipinski definition) is 4. The second-order valence-corrected chi connectivity index (χ2v) is 4.19. The lowest BCUT2D eigenvalue weighted by molar-refractivity contribution is -0.140.